The van der Waals surface area contributed by atoms with Crippen molar-refractivity contribution in [1.29, 1.82) is 5.26 Å². The monoisotopic (exact) mass is 198 g/mol. The maximum absolute atomic E-state index is 8.88. The summed E-state index contributed by atoms with van der Waals surface area (Å²) in [5.41, 5.74) is 1.74. The Morgan fingerprint density at radius 1 is 1.47 bits per heavy atom. The molecule has 76 valence electrons. The zero-order valence-corrected chi connectivity index (χ0v) is 8.83. The van der Waals surface area contributed by atoms with Gasteiger partial charge in [-0.05, 0) is 18.6 Å². The van der Waals surface area contributed by atoms with Crippen molar-refractivity contribution in [1.82, 2.24) is 5.32 Å². The molecular weight excluding hydrogens is 184 g/mol. The second-order valence-electron chi connectivity index (χ2n) is 3.46. The van der Waals surface area contributed by atoms with Gasteiger partial charge in [0, 0.05) is 19.0 Å². The van der Waals surface area contributed by atoms with E-state index in [1.54, 1.807) is 0 Å². The van der Waals surface area contributed by atoms with Crippen LogP contribution < -0.4 is 5.32 Å². The van der Waals surface area contributed by atoms with E-state index in [0.717, 1.165) is 11.1 Å². The molecule has 0 aliphatic heterocycles. The fourth-order valence-corrected chi connectivity index (χ4v) is 1.32. The number of terminal acetylenes is 1. The SMILES string of the molecule is C#CCC(C)NCc1ccccc1C#N. The lowest BCUT2D eigenvalue weighted by atomic mass is 10.1. The third-order valence-corrected chi connectivity index (χ3v) is 2.20. The van der Waals surface area contributed by atoms with Gasteiger partial charge in [-0.25, -0.2) is 0 Å². The molecule has 15 heavy (non-hydrogen) atoms. The summed E-state index contributed by atoms with van der Waals surface area (Å²) in [7, 11) is 0. The predicted octanol–water partition coefficient (Wildman–Crippen LogP) is 2.06. The predicted molar refractivity (Wildman–Crippen MR) is 60.9 cm³/mol. The van der Waals surface area contributed by atoms with Gasteiger partial charge in [-0.3, -0.25) is 0 Å². The van der Waals surface area contributed by atoms with Crippen molar-refractivity contribution >= 4 is 0 Å². The second-order valence-corrected chi connectivity index (χ2v) is 3.46. The highest BCUT2D eigenvalue weighted by molar-refractivity contribution is 5.37. The van der Waals surface area contributed by atoms with E-state index in [9.17, 15) is 0 Å². The molecule has 2 heteroatoms. The van der Waals surface area contributed by atoms with E-state index in [2.05, 4.69) is 17.3 Å². The highest BCUT2D eigenvalue weighted by atomic mass is 14.9. The van der Waals surface area contributed by atoms with Crippen LogP contribution in [-0.4, -0.2) is 6.04 Å². The van der Waals surface area contributed by atoms with E-state index in [1.165, 1.54) is 0 Å². The van der Waals surface area contributed by atoms with Crippen LogP contribution in [0, 0.1) is 23.7 Å². The lowest BCUT2D eigenvalue weighted by Crippen LogP contribution is -2.25. The van der Waals surface area contributed by atoms with Gasteiger partial charge in [0.2, 0.25) is 0 Å². The fourth-order valence-electron chi connectivity index (χ4n) is 1.32. The summed E-state index contributed by atoms with van der Waals surface area (Å²) in [4.78, 5) is 0. The quantitative estimate of drug-likeness (QED) is 0.752. The van der Waals surface area contributed by atoms with Gasteiger partial charge < -0.3 is 5.32 Å². The Labute approximate surface area is 90.9 Å². The van der Waals surface area contributed by atoms with Crippen LogP contribution in [0.4, 0.5) is 0 Å². The van der Waals surface area contributed by atoms with Gasteiger partial charge in [0.1, 0.15) is 0 Å². The standard InChI is InChI=1S/C13H14N2/c1-3-6-11(2)15-10-13-8-5-4-7-12(13)9-14/h1,4-5,7-8,11,15H,6,10H2,2H3. The normalized spacial score (nSPS) is 11.4. The van der Waals surface area contributed by atoms with Gasteiger partial charge in [-0.1, -0.05) is 18.2 Å². The third-order valence-electron chi connectivity index (χ3n) is 2.20. The first-order chi connectivity index (χ1) is 7.27. The number of rotatable bonds is 4. The molecule has 2 nitrogen and oxygen atoms in total. The molecule has 1 N–H and O–H groups in total. The molecule has 0 bridgehead atoms. The summed E-state index contributed by atoms with van der Waals surface area (Å²) in [6.45, 7) is 2.72. The highest BCUT2D eigenvalue weighted by Gasteiger charge is 2.02. The molecule has 1 rings (SSSR count). The smallest absolute Gasteiger partial charge is 0.0995 e. The molecule has 0 saturated carbocycles. The molecule has 0 aliphatic rings. The summed E-state index contributed by atoms with van der Waals surface area (Å²) in [5.74, 6) is 2.60. The summed E-state index contributed by atoms with van der Waals surface area (Å²) in [6, 6.07) is 10.0. The summed E-state index contributed by atoms with van der Waals surface area (Å²) >= 11 is 0. The van der Waals surface area contributed by atoms with Crippen molar-refractivity contribution in [3.8, 4) is 18.4 Å². The Morgan fingerprint density at radius 2 is 2.20 bits per heavy atom. The van der Waals surface area contributed by atoms with Gasteiger partial charge in [0.15, 0.2) is 0 Å². The van der Waals surface area contributed by atoms with Crippen LogP contribution in [0.25, 0.3) is 0 Å². The highest BCUT2D eigenvalue weighted by Crippen LogP contribution is 2.07. The van der Waals surface area contributed by atoms with Crippen LogP contribution in [0.3, 0.4) is 0 Å². The van der Waals surface area contributed by atoms with Crippen molar-refractivity contribution in [2.24, 2.45) is 0 Å². The van der Waals surface area contributed by atoms with Crippen LogP contribution >= 0.6 is 0 Å². The Bertz CT molecular complexity index is 396. The average Bonchev–Trinajstić information content (AvgIpc) is 2.27. The van der Waals surface area contributed by atoms with Gasteiger partial charge in [0.05, 0.1) is 11.6 Å². The summed E-state index contributed by atoms with van der Waals surface area (Å²) < 4.78 is 0. The van der Waals surface area contributed by atoms with Gasteiger partial charge in [0.25, 0.3) is 0 Å². The van der Waals surface area contributed by atoms with Gasteiger partial charge >= 0.3 is 0 Å². The van der Waals surface area contributed by atoms with E-state index >= 15 is 0 Å². The van der Waals surface area contributed by atoms with Crippen LogP contribution in [0.2, 0.25) is 0 Å². The van der Waals surface area contributed by atoms with E-state index in [1.807, 2.05) is 31.2 Å². The van der Waals surface area contributed by atoms with Crippen molar-refractivity contribution in [3.63, 3.8) is 0 Å². The largest absolute Gasteiger partial charge is 0.309 e. The molecule has 0 radical (unpaired) electrons. The van der Waals surface area contributed by atoms with E-state index < -0.39 is 0 Å². The molecule has 1 aromatic carbocycles. The molecule has 1 atom stereocenters. The lowest BCUT2D eigenvalue weighted by Gasteiger charge is -2.11. The Balaban J connectivity index is 2.59. The van der Waals surface area contributed by atoms with Gasteiger partial charge in [-0.15, -0.1) is 12.3 Å². The molecule has 0 amide bonds. The number of hydrogen-bond donors (Lipinski definition) is 1. The first kappa shape index (κ1) is 11.3. The number of nitrogens with zero attached hydrogens (tertiary/aromatic N) is 1. The van der Waals surface area contributed by atoms with Crippen LogP contribution in [0.5, 0.6) is 0 Å². The molecule has 0 aliphatic carbocycles. The van der Waals surface area contributed by atoms with E-state index in [-0.39, 0.29) is 6.04 Å². The third kappa shape index (κ3) is 3.46. The zero-order valence-electron chi connectivity index (χ0n) is 8.83. The molecular formula is C13H14N2. The molecule has 1 unspecified atom stereocenters. The second kappa shape index (κ2) is 5.86. The van der Waals surface area contributed by atoms with Crippen LogP contribution in [0.1, 0.15) is 24.5 Å². The minimum Gasteiger partial charge on any atom is -0.309 e. The van der Waals surface area contributed by atoms with Crippen LogP contribution in [-0.2, 0) is 6.54 Å². The van der Waals surface area contributed by atoms with Crippen LogP contribution in [0.15, 0.2) is 24.3 Å². The molecule has 0 heterocycles. The van der Waals surface area contributed by atoms with Gasteiger partial charge in [-0.2, -0.15) is 5.26 Å². The Morgan fingerprint density at radius 3 is 2.87 bits per heavy atom. The molecule has 0 spiro atoms. The number of benzene rings is 1. The maximum atomic E-state index is 8.88. The first-order valence-corrected chi connectivity index (χ1v) is 4.92. The molecule has 1 aromatic rings. The van der Waals surface area contributed by atoms with Crippen molar-refractivity contribution < 1.29 is 0 Å². The van der Waals surface area contributed by atoms with E-state index in [4.69, 9.17) is 11.7 Å². The first-order valence-electron chi connectivity index (χ1n) is 4.92. The number of nitriles is 1. The maximum Gasteiger partial charge on any atom is 0.0995 e. The summed E-state index contributed by atoms with van der Waals surface area (Å²) in [5, 5.41) is 12.2. The average molecular weight is 198 g/mol. The minimum absolute atomic E-state index is 0.279. The Hall–Kier alpha value is -1.77. The van der Waals surface area contributed by atoms with Crippen molar-refractivity contribution in [3.05, 3.63) is 35.4 Å². The van der Waals surface area contributed by atoms with Crippen molar-refractivity contribution in [2.75, 3.05) is 0 Å². The summed E-state index contributed by atoms with van der Waals surface area (Å²) in [6.07, 6.45) is 5.92. The number of nitrogens with one attached hydrogen (secondary N) is 1. The molecule has 0 aromatic heterocycles. The number of hydrogen-bond acceptors (Lipinski definition) is 2. The topological polar surface area (TPSA) is 35.8 Å². The minimum atomic E-state index is 0.279. The zero-order chi connectivity index (χ0) is 11.1. The Kier molecular flexibility index (Phi) is 4.41. The molecule has 0 fully saturated rings. The molecule has 0 saturated heterocycles. The van der Waals surface area contributed by atoms with Crippen molar-refractivity contribution in [2.45, 2.75) is 25.9 Å². The van der Waals surface area contributed by atoms with E-state index in [0.29, 0.717) is 13.0 Å². The lowest BCUT2D eigenvalue weighted by molar-refractivity contribution is 0.559. The fraction of sp³-hybridized carbons (Fsp3) is 0.308.